The number of hydrogen-bond acceptors (Lipinski definition) is 4. The SMILES string of the molecule is N[C@@H]1CCc2[nH]c3nnc(-c4ccccc4O)cc3c2C1. The van der Waals surface area contributed by atoms with E-state index in [1.807, 2.05) is 18.2 Å². The minimum atomic E-state index is 0.207. The maximum Gasteiger partial charge on any atom is 0.160 e. The molecule has 21 heavy (non-hydrogen) atoms. The third kappa shape index (κ3) is 1.97. The number of phenols is 1. The number of H-pyrrole nitrogens is 1. The zero-order chi connectivity index (χ0) is 14.4. The first-order chi connectivity index (χ1) is 10.2. The summed E-state index contributed by atoms with van der Waals surface area (Å²) in [4.78, 5) is 3.34. The number of phenolic OH excluding ortho intramolecular Hbond substituents is 1. The van der Waals surface area contributed by atoms with Gasteiger partial charge in [0, 0.05) is 22.7 Å². The number of aromatic amines is 1. The highest BCUT2D eigenvalue weighted by molar-refractivity contribution is 5.85. The lowest BCUT2D eigenvalue weighted by Crippen LogP contribution is -2.27. The number of para-hydroxylation sites is 1. The standard InChI is InChI=1S/C16H16N4O/c17-9-5-6-13-11(7-9)12-8-14(19-20-16(12)18-13)10-3-1-2-4-15(10)21/h1-4,8-9,21H,5-7,17H2,(H,18,20)/t9-/m1/s1. The van der Waals surface area contributed by atoms with Gasteiger partial charge >= 0.3 is 0 Å². The molecule has 5 nitrogen and oxygen atoms in total. The molecule has 5 heteroatoms. The van der Waals surface area contributed by atoms with Gasteiger partial charge in [0.15, 0.2) is 5.65 Å². The van der Waals surface area contributed by atoms with Gasteiger partial charge in [0.05, 0.1) is 5.69 Å². The molecule has 1 aliphatic rings. The van der Waals surface area contributed by atoms with E-state index in [1.165, 1.54) is 11.3 Å². The van der Waals surface area contributed by atoms with Gasteiger partial charge in [-0.25, -0.2) is 0 Å². The molecule has 106 valence electrons. The second kappa shape index (κ2) is 4.56. The Morgan fingerprint density at radius 2 is 2.10 bits per heavy atom. The largest absolute Gasteiger partial charge is 0.507 e. The third-order valence-electron chi connectivity index (χ3n) is 4.16. The lowest BCUT2D eigenvalue weighted by atomic mass is 9.92. The molecule has 4 N–H and O–H groups in total. The molecule has 0 amide bonds. The number of aryl methyl sites for hydroxylation is 1. The number of nitrogens with two attached hydrogens (primary N) is 1. The molecule has 0 unspecified atom stereocenters. The van der Waals surface area contributed by atoms with Crippen molar-refractivity contribution in [3.05, 3.63) is 41.6 Å². The average Bonchev–Trinajstić information content (AvgIpc) is 2.85. The van der Waals surface area contributed by atoms with Crippen LogP contribution in [0.25, 0.3) is 22.3 Å². The van der Waals surface area contributed by atoms with Gasteiger partial charge in [-0.05, 0) is 43.0 Å². The van der Waals surface area contributed by atoms with Crippen LogP contribution in [0.3, 0.4) is 0 Å². The van der Waals surface area contributed by atoms with Gasteiger partial charge in [-0.3, -0.25) is 0 Å². The zero-order valence-electron chi connectivity index (χ0n) is 11.5. The Balaban J connectivity index is 1.90. The number of rotatable bonds is 1. The Bertz CT molecular complexity index is 824. The first kappa shape index (κ1) is 12.3. The Hall–Kier alpha value is -2.40. The Kier molecular flexibility index (Phi) is 2.68. The minimum absolute atomic E-state index is 0.207. The molecule has 0 radical (unpaired) electrons. The Morgan fingerprint density at radius 3 is 2.95 bits per heavy atom. The summed E-state index contributed by atoms with van der Waals surface area (Å²) in [5, 5.41) is 19.5. The molecule has 4 rings (SSSR count). The van der Waals surface area contributed by atoms with Crippen molar-refractivity contribution in [3.8, 4) is 17.0 Å². The summed E-state index contributed by atoms with van der Waals surface area (Å²) in [5.41, 5.74) is 10.7. The number of fused-ring (bicyclic) bond motifs is 3. The molecule has 2 heterocycles. The molecule has 0 saturated heterocycles. The van der Waals surface area contributed by atoms with Crippen molar-refractivity contribution in [3.63, 3.8) is 0 Å². The van der Waals surface area contributed by atoms with Gasteiger partial charge in [0.2, 0.25) is 0 Å². The summed E-state index contributed by atoms with van der Waals surface area (Å²) < 4.78 is 0. The van der Waals surface area contributed by atoms with Crippen LogP contribution in [0.1, 0.15) is 17.7 Å². The van der Waals surface area contributed by atoms with Gasteiger partial charge in [0.25, 0.3) is 0 Å². The fraction of sp³-hybridized carbons (Fsp3) is 0.250. The zero-order valence-corrected chi connectivity index (χ0v) is 11.5. The van der Waals surface area contributed by atoms with Crippen LogP contribution in [0, 0.1) is 0 Å². The van der Waals surface area contributed by atoms with E-state index in [-0.39, 0.29) is 11.8 Å². The molecule has 0 aliphatic heterocycles. The number of aromatic hydroxyl groups is 1. The lowest BCUT2D eigenvalue weighted by Gasteiger charge is -2.17. The monoisotopic (exact) mass is 280 g/mol. The van der Waals surface area contributed by atoms with Crippen molar-refractivity contribution in [2.75, 3.05) is 0 Å². The molecule has 0 fully saturated rings. The highest BCUT2D eigenvalue weighted by Crippen LogP contribution is 2.32. The predicted molar refractivity (Wildman–Crippen MR) is 81.0 cm³/mol. The molecule has 0 saturated carbocycles. The van der Waals surface area contributed by atoms with Crippen LogP contribution in [0.5, 0.6) is 5.75 Å². The van der Waals surface area contributed by atoms with Crippen molar-refractivity contribution in [2.24, 2.45) is 5.73 Å². The Labute approximate surface area is 121 Å². The maximum absolute atomic E-state index is 9.97. The number of benzene rings is 1. The third-order valence-corrected chi connectivity index (χ3v) is 4.16. The first-order valence-electron chi connectivity index (χ1n) is 7.13. The van der Waals surface area contributed by atoms with Gasteiger partial charge in [0.1, 0.15) is 5.75 Å². The van der Waals surface area contributed by atoms with E-state index in [0.717, 1.165) is 30.3 Å². The number of aromatic nitrogens is 3. The number of nitrogens with zero attached hydrogens (tertiary/aromatic N) is 2. The van der Waals surface area contributed by atoms with E-state index in [4.69, 9.17) is 5.73 Å². The molecule has 2 aromatic heterocycles. The summed E-state index contributed by atoms with van der Waals surface area (Å²) in [6.45, 7) is 0. The molecule has 0 bridgehead atoms. The van der Waals surface area contributed by atoms with E-state index in [0.29, 0.717) is 11.3 Å². The molecule has 0 spiro atoms. The van der Waals surface area contributed by atoms with E-state index in [9.17, 15) is 5.11 Å². The van der Waals surface area contributed by atoms with Crippen LogP contribution in [0.4, 0.5) is 0 Å². The van der Waals surface area contributed by atoms with Crippen LogP contribution in [0.2, 0.25) is 0 Å². The molecule has 1 aromatic carbocycles. The highest BCUT2D eigenvalue weighted by atomic mass is 16.3. The highest BCUT2D eigenvalue weighted by Gasteiger charge is 2.21. The fourth-order valence-electron chi connectivity index (χ4n) is 3.06. The minimum Gasteiger partial charge on any atom is -0.507 e. The van der Waals surface area contributed by atoms with Crippen molar-refractivity contribution < 1.29 is 5.11 Å². The van der Waals surface area contributed by atoms with Crippen LogP contribution in [0.15, 0.2) is 30.3 Å². The smallest absolute Gasteiger partial charge is 0.160 e. The van der Waals surface area contributed by atoms with Crippen molar-refractivity contribution in [2.45, 2.75) is 25.3 Å². The van der Waals surface area contributed by atoms with E-state index >= 15 is 0 Å². The summed E-state index contributed by atoms with van der Waals surface area (Å²) in [5.74, 6) is 0.215. The summed E-state index contributed by atoms with van der Waals surface area (Å²) in [7, 11) is 0. The summed E-state index contributed by atoms with van der Waals surface area (Å²) in [6, 6.07) is 9.37. The molecular weight excluding hydrogens is 264 g/mol. The second-order valence-electron chi connectivity index (χ2n) is 5.59. The first-order valence-corrected chi connectivity index (χ1v) is 7.13. The van der Waals surface area contributed by atoms with E-state index < -0.39 is 0 Å². The topological polar surface area (TPSA) is 87.8 Å². The molecular formula is C16H16N4O. The van der Waals surface area contributed by atoms with Crippen LogP contribution >= 0.6 is 0 Å². The molecule has 3 aromatic rings. The van der Waals surface area contributed by atoms with Crippen molar-refractivity contribution in [1.29, 1.82) is 0 Å². The van der Waals surface area contributed by atoms with Gasteiger partial charge < -0.3 is 15.8 Å². The van der Waals surface area contributed by atoms with Crippen LogP contribution in [-0.4, -0.2) is 26.3 Å². The van der Waals surface area contributed by atoms with Gasteiger partial charge in [-0.1, -0.05) is 12.1 Å². The summed E-state index contributed by atoms with van der Waals surface area (Å²) >= 11 is 0. The fourth-order valence-corrected chi connectivity index (χ4v) is 3.06. The number of nitrogens with one attached hydrogen (secondary N) is 1. The maximum atomic E-state index is 9.97. The Morgan fingerprint density at radius 1 is 1.24 bits per heavy atom. The van der Waals surface area contributed by atoms with Crippen molar-refractivity contribution >= 4 is 11.0 Å². The van der Waals surface area contributed by atoms with E-state index in [2.05, 4.69) is 15.2 Å². The quantitative estimate of drug-likeness (QED) is 0.637. The molecule has 1 atom stereocenters. The summed E-state index contributed by atoms with van der Waals surface area (Å²) in [6.07, 6.45) is 2.82. The second-order valence-corrected chi connectivity index (χ2v) is 5.59. The van der Waals surface area contributed by atoms with Crippen molar-refractivity contribution in [1.82, 2.24) is 15.2 Å². The molecule has 1 aliphatic carbocycles. The van der Waals surface area contributed by atoms with Crippen LogP contribution in [-0.2, 0) is 12.8 Å². The normalized spacial score (nSPS) is 17.9. The lowest BCUT2D eigenvalue weighted by molar-refractivity contribution is 0.477. The predicted octanol–water partition coefficient (Wildman–Crippen LogP) is 2.15. The number of hydrogen-bond donors (Lipinski definition) is 3. The van der Waals surface area contributed by atoms with Gasteiger partial charge in [-0.15, -0.1) is 10.2 Å². The van der Waals surface area contributed by atoms with E-state index in [1.54, 1.807) is 12.1 Å². The van der Waals surface area contributed by atoms with Crippen LogP contribution < -0.4 is 5.73 Å². The average molecular weight is 280 g/mol. The van der Waals surface area contributed by atoms with Gasteiger partial charge in [-0.2, -0.15) is 0 Å².